The molecule has 178 valence electrons. The molecule has 1 aliphatic carbocycles. The highest BCUT2D eigenvalue weighted by Crippen LogP contribution is 2.46. The lowest BCUT2D eigenvalue weighted by Crippen LogP contribution is -2.33. The summed E-state index contributed by atoms with van der Waals surface area (Å²) in [4.78, 5) is 3.57. The van der Waals surface area contributed by atoms with Crippen molar-refractivity contribution in [3.63, 3.8) is 0 Å². The molecule has 34 heavy (non-hydrogen) atoms. The van der Waals surface area contributed by atoms with Crippen LogP contribution in [0.1, 0.15) is 37.0 Å². The van der Waals surface area contributed by atoms with E-state index in [2.05, 4.69) is 11.0 Å². The van der Waals surface area contributed by atoms with Crippen LogP contribution in [0.25, 0.3) is 15.7 Å². The molecule has 1 aromatic heterocycles. The largest absolute Gasteiger partial charge is 0.512 e. The number of ether oxygens (including phenoxy) is 3. The third kappa shape index (κ3) is 5.24. The second-order valence-electron chi connectivity index (χ2n) is 8.80. The van der Waals surface area contributed by atoms with Crippen LogP contribution >= 0.6 is 11.3 Å². The quantitative estimate of drug-likeness (QED) is 0.372. The predicted octanol–water partition coefficient (Wildman–Crippen LogP) is 7.19. The summed E-state index contributed by atoms with van der Waals surface area (Å²) >= 11 is 1.69. The van der Waals surface area contributed by atoms with E-state index in [1.54, 1.807) is 24.5 Å². The summed E-state index contributed by atoms with van der Waals surface area (Å²) < 4.78 is 19.0. The molecule has 0 bridgehead atoms. The lowest BCUT2D eigenvalue weighted by atomic mass is 10.0. The predicted molar refractivity (Wildman–Crippen MR) is 139 cm³/mol. The van der Waals surface area contributed by atoms with Gasteiger partial charge in [-0.05, 0) is 86.5 Å². The van der Waals surface area contributed by atoms with Crippen molar-refractivity contribution in [1.29, 1.82) is 0 Å². The fourth-order valence-electron chi connectivity index (χ4n) is 4.51. The van der Waals surface area contributed by atoms with Crippen LogP contribution in [0.5, 0.6) is 23.0 Å². The molecule has 0 unspecified atom stereocenters. The summed E-state index contributed by atoms with van der Waals surface area (Å²) in [6.45, 7) is 4.05. The molecule has 1 N–H and O–H groups in total. The molecule has 2 aromatic carbocycles. The van der Waals surface area contributed by atoms with Gasteiger partial charge in [0.15, 0.2) is 5.75 Å². The lowest BCUT2D eigenvalue weighted by Gasteiger charge is -2.26. The minimum atomic E-state index is 0.421. The summed E-state index contributed by atoms with van der Waals surface area (Å²) in [7, 11) is 1.68. The molecule has 1 aliphatic heterocycles. The van der Waals surface area contributed by atoms with Gasteiger partial charge in [-0.1, -0.05) is 12.5 Å². The third-order valence-electron chi connectivity index (χ3n) is 6.44. The first-order chi connectivity index (χ1) is 16.7. The molecule has 0 amide bonds. The van der Waals surface area contributed by atoms with E-state index >= 15 is 0 Å². The molecule has 6 heteroatoms. The minimum Gasteiger partial charge on any atom is -0.512 e. The highest BCUT2D eigenvalue weighted by molar-refractivity contribution is 7.20. The highest BCUT2D eigenvalue weighted by atomic mass is 32.1. The second kappa shape index (κ2) is 10.5. The number of thiophene rings is 1. The molecule has 5 nitrogen and oxygen atoms in total. The first-order valence-corrected chi connectivity index (χ1v) is 12.8. The molecule has 0 atom stereocenters. The van der Waals surface area contributed by atoms with Crippen molar-refractivity contribution in [3.05, 3.63) is 65.3 Å². The molecular weight excluding hydrogens is 446 g/mol. The molecule has 1 fully saturated rings. The Labute approximate surface area is 204 Å². The fraction of sp³-hybridized carbons (Fsp3) is 0.357. The fourth-order valence-corrected chi connectivity index (χ4v) is 5.72. The van der Waals surface area contributed by atoms with E-state index in [4.69, 9.17) is 14.2 Å². The van der Waals surface area contributed by atoms with Gasteiger partial charge in [0.05, 0.1) is 17.7 Å². The van der Waals surface area contributed by atoms with Crippen molar-refractivity contribution in [2.45, 2.75) is 32.1 Å². The molecular formula is C28H31NO4S. The van der Waals surface area contributed by atoms with Gasteiger partial charge in [-0.3, -0.25) is 4.90 Å². The maximum atomic E-state index is 9.81. The van der Waals surface area contributed by atoms with Crippen LogP contribution in [0.4, 0.5) is 0 Å². The molecule has 2 aliphatic rings. The first-order valence-electron chi connectivity index (χ1n) is 12.0. The number of aliphatic hydroxyl groups is 1. The Hall–Kier alpha value is -2.96. The van der Waals surface area contributed by atoms with Gasteiger partial charge in [0, 0.05) is 23.1 Å². The summed E-state index contributed by atoms with van der Waals surface area (Å²) in [6, 6.07) is 13.9. The van der Waals surface area contributed by atoms with Gasteiger partial charge in [-0.2, -0.15) is 0 Å². The van der Waals surface area contributed by atoms with Crippen molar-refractivity contribution in [3.8, 4) is 23.0 Å². The number of nitrogens with zero attached hydrogens (tertiary/aromatic N) is 1. The van der Waals surface area contributed by atoms with Crippen LogP contribution < -0.4 is 14.2 Å². The van der Waals surface area contributed by atoms with Crippen LogP contribution in [0, 0.1) is 0 Å². The van der Waals surface area contributed by atoms with Crippen molar-refractivity contribution >= 4 is 27.0 Å². The number of hydrogen-bond acceptors (Lipinski definition) is 6. The average Bonchev–Trinajstić information content (AvgIpc) is 3.23. The van der Waals surface area contributed by atoms with Crippen LogP contribution in [-0.4, -0.2) is 43.4 Å². The molecule has 0 spiro atoms. The molecule has 5 rings (SSSR count). The Morgan fingerprint density at radius 3 is 2.41 bits per heavy atom. The van der Waals surface area contributed by atoms with E-state index in [0.29, 0.717) is 18.8 Å². The Bertz CT molecular complexity index is 1190. The number of hydrogen-bond donors (Lipinski definition) is 1. The van der Waals surface area contributed by atoms with Crippen molar-refractivity contribution in [1.82, 2.24) is 4.90 Å². The minimum absolute atomic E-state index is 0.421. The van der Waals surface area contributed by atoms with E-state index in [-0.39, 0.29) is 0 Å². The third-order valence-corrected chi connectivity index (χ3v) is 7.65. The van der Waals surface area contributed by atoms with Gasteiger partial charge in [0.2, 0.25) is 0 Å². The Kier molecular flexibility index (Phi) is 7.07. The van der Waals surface area contributed by atoms with Crippen LogP contribution in [0.2, 0.25) is 0 Å². The van der Waals surface area contributed by atoms with Crippen LogP contribution in [-0.2, 0) is 0 Å². The molecule has 0 saturated carbocycles. The number of fused-ring (bicyclic) bond motifs is 1. The zero-order valence-corrected chi connectivity index (χ0v) is 20.4. The van der Waals surface area contributed by atoms with E-state index in [1.807, 2.05) is 42.5 Å². The van der Waals surface area contributed by atoms with Gasteiger partial charge in [0.1, 0.15) is 23.9 Å². The average molecular weight is 478 g/mol. The second-order valence-corrected chi connectivity index (χ2v) is 9.85. The molecule has 1 saturated heterocycles. The van der Waals surface area contributed by atoms with E-state index in [0.717, 1.165) is 50.9 Å². The van der Waals surface area contributed by atoms with E-state index in [1.165, 1.54) is 37.9 Å². The number of allylic oxidation sites excluding steroid dienone is 4. The van der Waals surface area contributed by atoms with Crippen LogP contribution in [0.3, 0.4) is 0 Å². The molecule has 2 heterocycles. The summed E-state index contributed by atoms with van der Waals surface area (Å²) in [6.07, 6.45) is 9.15. The molecule has 0 radical (unpaired) electrons. The van der Waals surface area contributed by atoms with Gasteiger partial charge < -0.3 is 19.3 Å². The van der Waals surface area contributed by atoms with Crippen molar-refractivity contribution in [2.24, 2.45) is 0 Å². The smallest absolute Gasteiger partial charge is 0.153 e. The molecule has 3 aromatic rings. The first kappa shape index (κ1) is 22.8. The number of rotatable bonds is 8. The summed E-state index contributed by atoms with van der Waals surface area (Å²) in [5, 5.41) is 10.9. The van der Waals surface area contributed by atoms with Gasteiger partial charge in [-0.15, -0.1) is 11.3 Å². The summed E-state index contributed by atoms with van der Waals surface area (Å²) in [5.41, 5.74) is 1.17. The number of aliphatic hydroxyl groups excluding tert-OH is 1. The summed E-state index contributed by atoms with van der Waals surface area (Å²) in [5.74, 6) is 3.73. The maximum Gasteiger partial charge on any atom is 0.153 e. The topological polar surface area (TPSA) is 51.2 Å². The van der Waals surface area contributed by atoms with Crippen molar-refractivity contribution in [2.75, 3.05) is 33.4 Å². The number of piperidine rings is 1. The van der Waals surface area contributed by atoms with Crippen molar-refractivity contribution < 1.29 is 19.3 Å². The van der Waals surface area contributed by atoms with E-state index < -0.39 is 0 Å². The zero-order valence-electron chi connectivity index (χ0n) is 19.6. The SMILES string of the molecule is COc1ccc2c(Oc3ccc(OCCN4CCCCC4)cc3)c(C3=CC=C(O)CC3)sc2c1. The number of benzene rings is 2. The van der Waals surface area contributed by atoms with Gasteiger partial charge >= 0.3 is 0 Å². The van der Waals surface area contributed by atoms with Crippen LogP contribution in [0.15, 0.2) is 60.4 Å². The highest BCUT2D eigenvalue weighted by Gasteiger charge is 2.20. The Balaban J connectivity index is 1.33. The Morgan fingerprint density at radius 1 is 0.912 bits per heavy atom. The zero-order chi connectivity index (χ0) is 23.3. The normalized spacial score (nSPS) is 16.7. The number of methoxy groups -OCH3 is 1. The lowest BCUT2D eigenvalue weighted by molar-refractivity contribution is 0.183. The van der Waals surface area contributed by atoms with Gasteiger partial charge in [-0.25, -0.2) is 0 Å². The maximum absolute atomic E-state index is 9.81. The van der Waals surface area contributed by atoms with E-state index in [9.17, 15) is 5.11 Å². The Morgan fingerprint density at radius 2 is 1.68 bits per heavy atom. The van der Waals surface area contributed by atoms with Gasteiger partial charge in [0.25, 0.3) is 0 Å². The number of likely N-dealkylation sites (tertiary alicyclic amines) is 1. The standard InChI is InChI=1S/C28H31NO4S/c1-31-24-13-14-25-26(19-24)34-28(20-5-7-21(30)8-6-20)27(25)33-23-11-9-22(10-12-23)32-18-17-29-15-3-2-4-16-29/h5,7,9-14,19,30H,2-4,6,8,15-18H2,1H3. The monoisotopic (exact) mass is 477 g/mol.